The zero-order chi connectivity index (χ0) is 40.7. The third kappa shape index (κ3) is 5.17. The number of hydrogen-bond acceptors (Lipinski definition) is 4. The maximum Gasteiger partial charge on any atom is 0.235 e. The van der Waals surface area contributed by atoms with Crippen LogP contribution in [0.4, 0.5) is 0 Å². The highest BCUT2D eigenvalue weighted by Gasteiger charge is 2.21. The van der Waals surface area contributed by atoms with Crippen LogP contribution in [0.2, 0.25) is 0 Å². The van der Waals surface area contributed by atoms with E-state index < -0.39 is 0 Å². The molecule has 13 aromatic rings. The van der Waals surface area contributed by atoms with E-state index in [0.29, 0.717) is 5.95 Å². The first kappa shape index (κ1) is 34.4. The van der Waals surface area contributed by atoms with Crippen molar-refractivity contribution in [3.05, 3.63) is 207 Å². The number of pyridine rings is 2. The topological polar surface area (TPSA) is 61.4 Å². The molecule has 0 amide bonds. The molecular weight excluding hydrogens is 757 g/mol. The van der Waals surface area contributed by atoms with E-state index in [4.69, 9.17) is 9.97 Å². The average molecular weight is 791 g/mol. The molecule has 5 heterocycles. The second-order valence-corrected chi connectivity index (χ2v) is 15.8. The highest BCUT2D eigenvalue weighted by Crippen LogP contribution is 2.42. The zero-order valence-corrected chi connectivity index (χ0v) is 33.3. The van der Waals surface area contributed by atoms with E-state index in [-0.39, 0.29) is 0 Å². The number of nitrogens with zero attached hydrogens (tertiary/aromatic N) is 6. The molecule has 13 rings (SSSR count). The van der Waals surface area contributed by atoms with Crippen LogP contribution in [0.5, 0.6) is 0 Å². The molecule has 0 radical (unpaired) electrons. The number of para-hydroxylation sites is 2. The second kappa shape index (κ2) is 13.5. The van der Waals surface area contributed by atoms with Gasteiger partial charge in [0.25, 0.3) is 0 Å². The van der Waals surface area contributed by atoms with Gasteiger partial charge in [-0.1, -0.05) is 121 Å². The number of benzene rings is 8. The SMILES string of the molecule is c1ccc(-c2cc(-c3ccccn3)nc(-n3c4ccccc4c4cc(-c5ccc6c(c5)c5ccccc5n6-c5cccc6c7ccccc7c7ccccc7c56)ccc43)n2)nc1. The van der Waals surface area contributed by atoms with Crippen molar-refractivity contribution in [2.75, 3.05) is 0 Å². The molecule has 0 aliphatic carbocycles. The van der Waals surface area contributed by atoms with Crippen molar-refractivity contribution in [3.63, 3.8) is 0 Å². The third-order valence-corrected chi connectivity index (χ3v) is 12.4. The van der Waals surface area contributed by atoms with Crippen LogP contribution in [-0.4, -0.2) is 29.1 Å². The van der Waals surface area contributed by atoms with Crippen LogP contribution in [0.15, 0.2) is 207 Å². The molecule has 0 fully saturated rings. The second-order valence-electron chi connectivity index (χ2n) is 15.8. The predicted octanol–water partition coefficient (Wildman–Crippen LogP) is 13.9. The normalized spacial score (nSPS) is 11.9. The summed E-state index contributed by atoms with van der Waals surface area (Å²) >= 11 is 0. The third-order valence-electron chi connectivity index (χ3n) is 12.4. The zero-order valence-electron chi connectivity index (χ0n) is 33.3. The van der Waals surface area contributed by atoms with Gasteiger partial charge >= 0.3 is 0 Å². The van der Waals surface area contributed by atoms with Gasteiger partial charge in [0.15, 0.2) is 0 Å². The van der Waals surface area contributed by atoms with E-state index in [1.807, 2.05) is 42.5 Å². The fraction of sp³-hybridized carbons (Fsp3) is 0. The molecule has 5 aromatic heterocycles. The Balaban J connectivity index is 1.01. The largest absolute Gasteiger partial charge is 0.309 e. The molecule has 0 aliphatic rings. The maximum absolute atomic E-state index is 5.15. The van der Waals surface area contributed by atoms with Crippen LogP contribution in [0, 0.1) is 0 Å². The molecule has 0 saturated heterocycles. The van der Waals surface area contributed by atoms with Crippen LogP contribution in [0.1, 0.15) is 0 Å². The standard InChI is InChI=1S/C56H34N6/c1-2-15-39-37(14-1)38-16-3-4-19-42(38)55-43(39)20-13-25-54(55)61-50-23-7-5-17-40(50)44-32-35(26-28-52(44)61)36-27-29-53-45(33-36)41-18-6-8-24-51(41)62(53)56-59-48(46-21-9-11-30-57-46)34-49(60-56)47-22-10-12-31-58-47/h1-34H. The Morgan fingerprint density at radius 3 is 1.27 bits per heavy atom. The van der Waals surface area contributed by atoms with Crippen molar-refractivity contribution in [1.82, 2.24) is 29.1 Å². The molecule has 6 heteroatoms. The van der Waals surface area contributed by atoms with Gasteiger partial charge in [-0.2, -0.15) is 0 Å². The first-order valence-electron chi connectivity index (χ1n) is 20.9. The Labute approximate surface area is 355 Å². The summed E-state index contributed by atoms with van der Waals surface area (Å²) in [5.41, 5.74) is 10.9. The number of fused-ring (bicyclic) bond motifs is 12. The van der Waals surface area contributed by atoms with Gasteiger partial charge in [0.1, 0.15) is 0 Å². The van der Waals surface area contributed by atoms with Gasteiger partial charge in [0.2, 0.25) is 5.95 Å². The summed E-state index contributed by atoms with van der Waals surface area (Å²) in [7, 11) is 0. The predicted molar refractivity (Wildman–Crippen MR) is 255 cm³/mol. The van der Waals surface area contributed by atoms with Crippen LogP contribution < -0.4 is 0 Å². The monoisotopic (exact) mass is 790 g/mol. The van der Waals surface area contributed by atoms with E-state index in [1.165, 1.54) is 59.8 Å². The summed E-state index contributed by atoms with van der Waals surface area (Å²) < 4.78 is 4.63. The Hall–Kier alpha value is -8.48. The van der Waals surface area contributed by atoms with Crippen molar-refractivity contribution in [2.45, 2.75) is 0 Å². The van der Waals surface area contributed by atoms with Crippen molar-refractivity contribution < 1.29 is 0 Å². The molecule has 0 N–H and O–H groups in total. The highest BCUT2D eigenvalue weighted by atomic mass is 15.2. The van der Waals surface area contributed by atoms with E-state index in [0.717, 1.165) is 55.7 Å². The van der Waals surface area contributed by atoms with Gasteiger partial charge in [0, 0.05) is 39.3 Å². The summed E-state index contributed by atoms with van der Waals surface area (Å²) in [6.45, 7) is 0. The number of aromatic nitrogens is 6. The van der Waals surface area contributed by atoms with Crippen LogP contribution in [0.3, 0.4) is 0 Å². The fourth-order valence-corrected chi connectivity index (χ4v) is 9.73. The Morgan fingerprint density at radius 2 is 0.726 bits per heavy atom. The molecule has 0 saturated carbocycles. The highest BCUT2D eigenvalue weighted by molar-refractivity contribution is 6.28. The Morgan fingerprint density at radius 1 is 0.290 bits per heavy atom. The number of hydrogen-bond donors (Lipinski definition) is 0. The smallest absolute Gasteiger partial charge is 0.235 e. The minimum atomic E-state index is 0.566. The summed E-state index contributed by atoms with van der Waals surface area (Å²) in [5, 5.41) is 12.3. The molecular formula is C56H34N6. The Kier molecular flexibility index (Phi) is 7.50. The lowest BCUT2D eigenvalue weighted by atomic mass is 9.93. The molecule has 6 nitrogen and oxygen atoms in total. The Bertz CT molecular complexity index is 3820. The summed E-state index contributed by atoms with van der Waals surface area (Å²) in [4.78, 5) is 19.6. The quantitative estimate of drug-likeness (QED) is 0.163. The van der Waals surface area contributed by atoms with Gasteiger partial charge in [-0.15, -0.1) is 0 Å². The molecule has 0 atom stereocenters. The van der Waals surface area contributed by atoms with Crippen molar-refractivity contribution >= 4 is 75.9 Å². The first-order chi connectivity index (χ1) is 30.8. The lowest BCUT2D eigenvalue weighted by molar-refractivity contribution is 0.988. The van der Waals surface area contributed by atoms with E-state index in [9.17, 15) is 0 Å². The van der Waals surface area contributed by atoms with Crippen LogP contribution >= 0.6 is 0 Å². The lowest BCUT2D eigenvalue weighted by Crippen LogP contribution is -2.04. The summed E-state index contributed by atoms with van der Waals surface area (Å²) in [6, 6.07) is 69.1. The van der Waals surface area contributed by atoms with E-state index >= 15 is 0 Å². The van der Waals surface area contributed by atoms with Gasteiger partial charge in [-0.05, 0) is 111 Å². The minimum absolute atomic E-state index is 0.566. The van der Waals surface area contributed by atoms with Crippen molar-refractivity contribution in [3.8, 4) is 45.5 Å². The number of rotatable bonds is 5. The van der Waals surface area contributed by atoms with Gasteiger partial charge in [-0.3, -0.25) is 14.5 Å². The molecule has 0 bridgehead atoms. The van der Waals surface area contributed by atoms with Crippen molar-refractivity contribution in [2.24, 2.45) is 0 Å². The van der Waals surface area contributed by atoms with Crippen LogP contribution in [-0.2, 0) is 0 Å². The molecule has 288 valence electrons. The van der Waals surface area contributed by atoms with Gasteiger partial charge in [0.05, 0.1) is 50.5 Å². The minimum Gasteiger partial charge on any atom is -0.309 e. The van der Waals surface area contributed by atoms with E-state index in [1.54, 1.807) is 12.4 Å². The van der Waals surface area contributed by atoms with Gasteiger partial charge < -0.3 is 4.57 Å². The first-order valence-corrected chi connectivity index (χ1v) is 20.9. The average Bonchev–Trinajstić information content (AvgIpc) is 3.86. The molecule has 8 aromatic carbocycles. The fourth-order valence-electron chi connectivity index (χ4n) is 9.73. The maximum atomic E-state index is 5.15. The van der Waals surface area contributed by atoms with Crippen LogP contribution in [0.25, 0.3) is 121 Å². The van der Waals surface area contributed by atoms with Gasteiger partial charge in [-0.25, -0.2) is 9.97 Å². The molecule has 0 aliphatic heterocycles. The summed E-state index contributed by atoms with van der Waals surface area (Å²) in [6.07, 6.45) is 3.59. The molecule has 0 unspecified atom stereocenters. The molecule has 0 spiro atoms. The van der Waals surface area contributed by atoms with E-state index in [2.05, 4.69) is 171 Å². The molecule has 62 heavy (non-hydrogen) atoms. The lowest BCUT2D eigenvalue weighted by Gasteiger charge is -2.16. The summed E-state index contributed by atoms with van der Waals surface area (Å²) in [5.74, 6) is 0.566. The van der Waals surface area contributed by atoms with Crippen molar-refractivity contribution in [1.29, 1.82) is 0 Å².